The van der Waals surface area contributed by atoms with Crippen LogP contribution >= 0.6 is 0 Å². The summed E-state index contributed by atoms with van der Waals surface area (Å²) < 4.78 is 5.61. The van der Waals surface area contributed by atoms with E-state index in [9.17, 15) is 0 Å². The maximum absolute atomic E-state index is 5.61. The highest BCUT2D eigenvalue weighted by Gasteiger charge is 2.08. The number of aromatic nitrogens is 1. The third kappa shape index (κ3) is 1.67. The van der Waals surface area contributed by atoms with Crippen LogP contribution in [0.2, 0.25) is 0 Å². The van der Waals surface area contributed by atoms with E-state index in [1.54, 1.807) is 0 Å². The van der Waals surface area contributed by atoms with Crippen molar-refractivity contribution in [2.24, 2.45) is 0 Å². The van der Waals surface area contributed by atoms with Crippen LogP contribution in [0.3, 0.4) is 0 Å². The summed E-state index contributed by atoms with van der Waals surface area (Å²) in [6.45, 7) is 6.75. The number of fused-ring (bicyclic) bond motifs is 1. The van der Waals surface area contributed by atoms with Crippen LogP contribution in [0.4, 0.5) is 0 Å². The van der Waals surface area contributed by atoms with Crippen LogP contribution in [0.25, 0.3) is 10.9 Å². The molecule has 0 aliphatic rings. The lowest BCUT2D eigenvalue weighted by Gasteiger charge is -2.12. The van der Waals surface area contributed by atoms with Gasteiger partial charge in [0.05, 0.1) is 17.8 Å². The minimum absolute atomic E-state index is 0.682. The maximum atomic E-state index is 5.61. The molecule has 0 aliphatic carbocycles. The molecule has 2 heteroatoms. The van der Waals surface area contributed by atoms with Crippen molar-refractivity contribution in [1.82, 2.24) is 4.98 Å². The van der Waals surface area contributed by atoms with Crippen molar-refractivity contribution in [3.63, 3.8) is 0 Å². The first kappa shape index (κ1) is 9.97. The van der Waals surface area contributed by atoms with Gasteiger partial charge in [-0.05, 0) is 26.8 Å². The molecule has 0 aliphatic heterocycles. The van der Waals surface area contributed by atoms with Crippen LogP contribution in [0, 0.1) is 13.8 Å². The molecule has 78 valence electrons. The van der Waals surface area contributed by atoms with Gasteiger partial charge in [-0.3, -0.25) is 0 Å². The predicted octanol–water partition coefficient (Wildman–Crippen LogP) is 3.25. The average molecular weight is 201 g/mol. The number of pyridine rings is 1. The quantitative estimate of drug-likeness (QED) is 0.744. The molecule has 1 aromatic carbocycles. The second-order valence-electron chi connectivity index (χ2n) is 3.60. The number of nitrogens with zero attached hydrogens (tertiary/aromatic N) is 1. The number of rotatable bonds is 2. The van der Waals surface area contributed by atoms with Gasteiger partial charge in [-0.25, -0.2) is 4.98 Å². The molecule has 0 atom stereocenters. The first-order valence-electron chi connectivity index (χ1n) is 5.22. The van der Waals surface area contributed by atoms with Gasteiger partial charge in [0.25, 0.3) is 0 Å². The molecule has 0 unspecified atom stereocenters. The Morgan fingerprint density at radius 2 is 1.93 bits per heavy atom. The molecule has 0 radical (unpaired) electrons. The van der Waals surface area contributed by atoms with Crippen molar-refractivity contribution in [3.05, 3.63) is 35.5 Å². The second kappa shape index (κ2) is 3.89. The third-order valence-corrected chi connectivity index (χ3v) is 2.55. The summed E-state index contributed by atoms with van der Waals surface area (Å²) in [7, 11) is 0. The molecular formula is C13H15NO. The van der Waals surface area contributed by atoms with Gasteiger partial charge in [-0.15, -0.1) is 0 Å². The lowest BCUT2D eigenvalue weighted by molar-refractivity contribution is 0.334. The molecule has 2 nitrogen and oxygen atoms in total. The van der Waals surface area contributed by atoms with Crippen molar-refractivity contribution in [2.75, 3.05) is 6.61 Å². The molecular weight excluding hydrogens is 186 g/mol. The average Bonchev–Trinajstić information content (AvgIpc) is 2.24. The Kier molecular flexibility index (Phi) is 2.58. The summed E-state index contributed by atoms with van der Waals surface area (Å²) >= 11 is 0. The van der Waals surface area contributed by atoms with Crippen LogP contribution in [-0.4, -0.2) is 11.6 Å². The molecule has 0 saturated carbocycles. The van der Waals surface area contributed by atoms with Crippen molar-refractivity contribution < 1.29 is 4.74 Å². The molecule has 2 rings (SSSR count). The van der Waals surface area contributed by atoms with Gasteiger partial charge < -0.3 is 4.74 Å². The Labute approximate surface area is 89.9 Å². The maximum Gasteiger partial charge on any atom is 0.144 e. The largest absolute Gasteiger partial charge is 0.492 e. The first-order chi connectivity index (χ1) is 7.24. The minimum Gasteiger partial charge on any atom is -0.492 e. The van der Waals surface area contributed by atoms with E-state index in [4.69, 9.17) is 4.74 Å². The number of hydrogen-bond donors (Lipinski definition) is 0. The Morgan fingerprint density at radius 1 is 1.20 bits per heavy atom. The zero-order chi connectivity index (χ0) is 10.8. The molecule has 1 heterocycles. The number of para-hydroxylation sites is 1. The highest BCUT2D eigenvalue weighted by atomic mass is 16.5. The standard InChI is InChI=1S/C13H15NO/c1-4-15-13-9(2)11-7-5-6-8-12(11)14-10(13)3/h5-8H,4H2,1-3H3. The summed E-state index contributed by atoms with van der Waals surface area (Å²) in [4.78, 5) is 4.53. The Hall–Kier alpha value is -1.57. The van der Waals surface area contributed by atoms with E-state index in [2.05, 4.69) is 18.0 Å². The van der Waals surface area contributed by atoms with E-state index in [0.29, 0.717) is 6.61 Å². The number of benzene rings is 1. The molecule has 2 aromatic rings. The summed E-state index contributed by atoms with van der Waals surface area (Å²) in [5.41, 5.74) is 3.18. The van der Waals surface area contributed by atoms with Crippen molar-refractivity contribution >= 4 is 10.9 Å². The van der Waals surface area contributed by atoms with Gasteiger partial charge in [0.15, 0.2) is 0 Å². The van der Waals surface area contributed by atoms with Crippen LogP contribution in [-0.2, 0) is 0 Å². The summed E-state index contributed by atoms with van der Waals surface area (Å²) in [5.74, 6) is 0.927. The van der Waals surface area contributed by atoms with Gasteiger partial charge >= 0.3 is 0 Å². The first-order valence-corrected chi connectivity index (χ1v) is 5.22. The summed E-state index contributed by atoms with van der Waals surface area (Å²) in [6.07, 6.45) is 0. The molecule has 0 N–H and O–H groups in total. The fraction of sp³-hybridized carbons (Fsp3) is 0.308. The molecule has 0 bridgehead atoms. The van der Waals surface area contributed by atoms with E-state index >= 15 is 0 Å². The third-order valence-electron chi connectivity index (χ3n) is 2.55. The normalized spacial score (nSPS) is 10.6. The van der Waals surface area contributed by atoms with Crippen molar-refractivity contribution in [3.8, 4) is 5.75 Å². The highest BCUT2D eigenvalue weighted by Crippen LogP contribution is 2.28. The lowest BCUT2D eigenvalue weighted by atomic mass is 10.1. The monoisotopic (exact) mass is 201 g/mol. The SMILES string of the molecule is CCOc1c(C)nc2ccccc2c1C. The second-order valence-corrected chi connectivity index (χ2v) is 3.60. The molecule has 0 saturated heterocycles. The van der Waals surface area contributed by atoms with E-state index in [1.807, 2.05) is 32.0 Å². The van der Waals surface area contributed by atoms with Gasteiger partial charge in [-0.1, -0.05) is 18.2 Å². The van der Waals surface area contributed by atoms with E-state index in [1.165, 1.54) is 10.9 Å². The van der Waals surface area contributed by atoms with E-state index in [-0.39, 0.29) is 0 Å². The summed E-state index contributed by atoms with van der Waals surface area (Å²) in [6, 6.07) is 8.15. The molecule has 1 aromatic heterocycles. The molecule has 0 spiro atoms. The minimum atomic E-state index is 0.682. The lowest BCUT2D eigenvalue weighted by Crippen LogP contribution is -1.99. The highest BCUT2D eigenvalue weighted by molar-refractivity contribution is 5.84. The van der Waals surface area contributed by atoms with Gasteiger partial charge in [0, 0.05) is 10.9 Å². The topological polar surface area (TPSA) is 22.1 Å². The zero-order valence-electron chi connectivity index (χ0n) is 9.37. The Bertz CT molecular complexity index is 491. The van der Waals surface area contributed by atoms with Gasteiger partial charge in [-0.2, -0.15) is 0 Å². The van der Waals surface area contributed by atoms with Crippen molar-refractivity contribution in [1.29, 1.82) is 0 Å². The smallest absolute Gasteiger partial charge is 0.144 e. The van der Waals surface area contributed by atoms with Gasteiger partial charge in [0.1, 0.15) is 5.75 Å². The fourth-order valence-electron chi connectivity index (χ4n) is 1.87. The summed E-state index contributed by atoms with van der Waals surface area (Å²) in [5, 5.41) is 1.17. The number of hydrogen-bond acceptors (Lipinski definition) is 2. The predicted molar refractivity (Wildman–Crippen MR) is 62.4 cm³/mol. The van der Waals surface area contributed by atoms with E-state index in [0.717, 1.165) is 17.0 Å². The van der Waals surface area contributed by atoms with E-state index < -0.39 is 0 Å². The van der Waals surface area contributed by atoms with Crippen LogP contribution in [0.15, 0.2) is 24.3 Å². The fourth-order valence-corrected chi connectivity index (χ4v) is 1.87. The number of ether oxygens (including phenoxy) is 1. The van der Waals surface area contributed by atoms with Crippen LogP contribution in [0.1, 0.15) is 18.2 Å². The number of aryl methyl sites for hydroxylation is 2. The molecule has 0 amide bonds. The van der Waals surface area contributed by atoms with Gasteiger partial charge in [0.2, 0.25) is 0 Å². The molecule has 15 heavy (non-hydrogen) atoms. The van der Waals surface area contributed by atoms with Crippen LogP contribution < -0.4 is 4.74 Å². The van der Waals surface area contributed by atoms with Crippen LogP contribution in [0.5, 0.6) is 5.75 Å². The Morgan fingerprint density at radius 3 is 2.67 bits per heavy atom. The Balaban J connectivity index is 2.72. The molecule has 0 fully saturated rings. The van der Waals surface area contributed by atoms with Crippen molar-refractivity contribution in [2.45, 2.75) is 20.8 Å². The zero-order valence-corrected chi connectivity index (χ0v) is 9.37.